The number of oxazole rings is 1. The fourth-order valence-corrected chi connectivity index (χ4v) is 2.85. The molecule has 0 bridgehead atoms. The molecule has 1 aromatic heterocycles. The van der Waals surface area contributed by atoms with Gasteiger partial charge in [0.2, 0.25) is 5.89 Å². The number of nitrogens with zero attached hydrogens (tertiary/aromatic N) is 2. The van der Waals surface area contributed by atoms with Crippen molar-refractivity contribution in [1.29, 1.82) is 0 Å². The predicted octanol–water partition coefficient (Wildman–Crippen LogP) is 5.44. The van der Waals surface area contributed by atoms with Crippen LogP contribution in [0.4, 0.5) is 5.69 Å². The fraction of sp³-hybridized carbons (Fsp3) is 0.0870. The van der Waals surface area contributed by atoms with Crippen LogP contribution in [0.15, 0.2) is 71.1 Å². The average molecular weight is 356 g/mol. The third-order valence-electron chi connectivity index (χ3n) is 4.41. The Labute approximate surface area is 158 Å². The van der Waals surface area contributed by atoms with Gasteiger partial charge in [-0.1, -0.05) is 36.4 Å². The molecular weight excluding hydrogens is 336 g/mol. The summed E-state index contributed by atoms with van der Waals surface area (Å²) in [7, 11) is 4.07. The molecule has 0 radical (unpaired) electrons. The molecule has 1 N–H and O–H groups in total. The number of hydrogen-bond acceptors (Lipinski definition) is 4. The number of phenols is 1. The second-order valence-corrected chi connectivity index (χ2v) is 6.61. The van der Waals surface area contributed by atoms with Crippen molar-refractivity contribution < 1.29 is 9.52 Å². The molecule has 0 atom stereocenters. The highest BCUT2D eigenvalue weighted by atomic mass is 16.3. The Morgan fingerprint density at radius 1 is 0.852 bits per heavy atom. The topological polar surface area (TPSA) is 49.5 Å². The van der Waals surface area contributed by atoms with Gasteiger partial charge in [0.05, 0.1) is 0 Å². The van der Waals surface area contributed by atoms with Crippen molar-refractivity contribution in [2.75, 3.05) is 19.0 Å². The number of aromatic hydroxyl groups is 1. The van der Waals surface area contributed by atoms with E-state index in [9.17, 15) is 5.11 Å². The molecule has 4 nitrogen and oxygen atoms in total. The van der Waals surface area contributed by atoms with E-state index in [0.717, 1.165) is 22.2 Å². The van der Waals surface area contributed by atoms with E-state index in [4.69, 9.17) is 4.42 Å². The first-order valence-electron chi connectivity index (χ1n) is 8.74. The summed E-state index contributed by atoms with van der Waals surface area (Å²) in [5.74, 6) is 0.717. The summed E-state index contributed by atoms with van der Waals surface area (Å²) in [6.45, 7) is 0. The number of fused-ring (bicyclic) bond motifs is 1. The Morgan fingerprint density at radius 3 is 2.11 bits per heavy atom. The molecule has 4 heteroatoms. The first kappa shape index (κ1) is 16.9. The van der Waals surface area contributed by atoms with E-state index in [1.165, 1.54) is 5.69 Å². The number of benzene rings is 3. The van der Waals surface area contributed by atoms with E-state index in [-0.39, 0.29) is 5.75 Å². The molecule has 4 aromatic rings. The molecule has 3 aromatic carbocycles. The van der Waals surface area contributed by atoms with E-state index >= 15 is 0 Å². The number of rotatable bonds is 4. The zero-order chi connectivity index (χ0) is 18.8. The first-order valence-corrected chi connectivity index (χ1v) is 8.74. The smallest absolute Gasteiger partial charge is 0.227 e. The minimum absolute atomic E-state index is 0.171. The number of aromatic nitrogens is 1. The SMILES string of the molecule is CN(C)c1ccc(/C=C/c2ccc(-c3nc4ccc(O)cc4o3)cc2)cc1. The van der Waals surface area contributed by atoms with Gasteiger partial charge in [0.25, 0.3) is 0 Å². The summed E-state index contributed by atoms with van der Waals surface area (Å²) in [6, 6.07) is 21.4. The molecule has 0 amide bonds. The Morgan fingerprint density at radius 2 is 1.48 bits per heavy atom. The normalized spacial score (nSPS) is 11.3. The second-order valence-electron chi connectivity index (χ2n) is 6.61. The summed E-state index contributed by atoms with van der Waals surface area (Å²) in [5.41, 5.74) is 5.65. The van der Waals surface area contributed by atoms with Crippen molar-refractivity contribution in [3.8, 4) is 17.2 Å². The molecule has 0 fully saturated rings. The molecule has 0 saturated carbocycles. The summed E-state index contributed by atoms with van der Waals surface area (Å²) in [6.07, 6.45) is 4.18. The number of phenolic OH excluding ortho intramolecular Hbond substituents is 1. The number of anilines is 1. The lowest BCUT2D eigenvalue weighted by Gasteiger charge is -2.11. The van der Waals surface area contributed by atoms with Crippen LogP contribution >= 0.6 is 0 Å². The van der Waals surface area contributed by atoms with Gasteiger partial charge in [-0.2, -0.15) is 0 Å². The van der Waals surface area contributed by atoms with E-state index in [1.807, 2.05) is 38.4 Å². The van der Waals surface area contributed by atoms with Crippen LogP contribution in [0.1, 0.15) is 11.1 Å². The average Bonchev–Trinajstić information content (AvgIpc) is 3.10. The van der Waals surface area contributed by atoms with Crippen LogP contribution in [0.3, 0.4) is 0 Å². The van der Waals surface area contributed by atoms with Crippen LogP contribution in [0, 0.1) is 0 Å². The Balaban J connectivity index is 1.52. The lowest BCUT2D eigenvalue weighted by atomic mass is 10.1. The lowest BCUT2D eigenvalue weighted by molar-refractivity contribution is 0.474. The van der Waals surface area contributed by atoms with Crippen LogP contribution in [0.2, 0.25) is 0 Å². The van der Waals surface area contributed by atoms with Crippen molar-refractivity contribution in [3.63, 3.8) is 0 Å². The third-order valence-corrected chi connectivity index (χ3v) is 4.41. The van der Waals surface area contributed by atoms with E-state index in [0.29, 0.717) is 11.5 Å². The second kappa shape index (κ2) is 7.00. The number of hydrogen-bond donors (Lipinski definition) is 1. The van der Waals surface area contributed by atoms with E-state index in [1.54, 1.807) is 18.2 Å². The monoisotopic (exact) mass is 356 g/mol. The predicted molar refractivity (Wildman–Crippen MR) is 111 cm³/mol. The van der Waals surface area contributed by atoms with Gasteiger partial charge >= 0.3 is 0 Å². The zero-order valence-electron chi connectivity index (χ0n) is 15.3. The van der Waals surface area contributed by atoms with Gasteiger partial charge < -0.3 is 14.4 Å². The zero-order valence-corrected chi connectivity index (χ0v) is 15.3. The summed E-state index contributed by atoms with van der Waals surface area (Å²) >= 11 is 0. The first-order chi connectivity index (χ1) is 13.1. The van der Waals surface area contributed by atoms with Crippen molar-refractivity contribution in [2.45, 2.75) is 0 Å². The third kappa shape index (κ3) is 3.70. The standard InChI is InChI=1S/C23H20N2O2/c1-25(2)19-11-7-17(8-12-19)4-3-16-5-9-18(10-6-16)23-24-21-14-13-20(26)15-22(21)27-23/h3-15,26H,1-2H3/b4-3+. The Kier molecular flexibility index (Phi) is 4.38. The van der Waals surface area contributed by atoms with Crippen molar-refractivity contribution in [1.82, 2.24) is 4.98 Å². The van der Waals surface area contributed by atoms with Gasteiger partial charge in [0, 0.05) is 31.4 Å². The quantitative estimate of drug-likeness (QED) is 0.495. The fourth-order valence-electron chi connectivity index (χ4n) is 2.85. The van der Waals surface area contributed by atoms with Crippen LogP contribution in [-0.2, 0) is 0 Å². The molecule has 1 heterocycles. The van der Waals surface area contributed by atoms with E-state index < -0.39 is 0 Å². The highest BCUT2D eigenvalue weighted by Gasteiger charge is 2.08. The molecule has 0 unspecified atom stereocenters. The maximum Gasteiger partial charge on any atom is 0.227 e. The summed E-state index contributed by atoms with van der Waals surface area (Å²) in [5, 5.41) is 9.54. The largest absolute Gasteiger partial charge is 0.508 e. The molecule has 27 heavy (non-hydrogen) atoms. The van der Waals surface area contributed by atoms with Crippen LogP contribution in [0.5, 0.6) is 5.75 Å². The summed E-state index contributed by atoms with van der Waals surface area (Å²) in [4.78, 5) is 6.55. The highest BCUT2D eigenvalue weighted by Crippen LogP contribution is 2.27. The molecule has 0 spiro atoms. The van der Waals surface area contributed by atoms with Gasteiger partial charge in [-0.05, 0) is 47.5 Å². The molecule has 4 rings (SSSR count). The maximum absolute atomic E-state index is 9.54. The Hall–Kier alpha value is -3.53. The van der Waals surface area contributed by atoms with Gasteiger partial charge in [-0.3, -0.25) is 0 Å². The lowest BCUT2D eigenvalue weighted by Crippen LogP contribution is -2.07. The molecule has 0 saturated heterocycles. The van der Waals surface area contributed by atoms with Gasteiger partial charge in [-0.25, -0.2) is 4.98 Å². The highest BCUT2D eigenvalue weighted by molar-refractivity contribution is 5.78. The van der Waals surface area contributed by atoms with Gasteiger partial charge in [0.15, 0.2) is 5.58 Å². The van der Waals surface area contributed by atoms with Crippen LogP contribution in [-0.4, -0.2) is 24.2 Å². The minimum atomic E-state index is 0.171. The Bertz CT molecular complexity index is 1090. The molecule has 0 aliphatic heterocycles. The van der Waals surface area contributed by atoms with Crippen molar-refractivity contribution in [3.05, 3.63) is 77.9 Å². The van der Waals surface area contributed by atoms with Gasteiger partial charge in [0.1, 0.15) is 11.3 Å². The summed E-state index contributed by atoms with van der Waals surface area (Å²) < 4.78 is 5.74. The van der Waals surface area contributed by atoms with Crippen LogP contribution in [0.25, 0.3) is 34.7 Å². The minimum Gasteiger partial charge on any atom is -0.508 e. The van der Waals surface area contributed by atoms with Crippen molar-refractivity contribution in [2.24, 2.45) is 0 Å². The maximum atomic E-state index is 9.54. The molecular formula is C23H20N2O2. The van der Waals surface area contributed by atoms with E-state index in [2.05, 4.69) is 46.3 Å². The molecule has 0 aliphatic carbocycles. The molecule has 134 valence electrons. The van der Waals surface area contributed by atoms with Gasteiger partial charge in [-0.15, -0.1) is 0 Å². The molecule has 0 aliphatic rings. The van der Waals surface area contributed by atoms with Crippen molar-refractivity contribution >= 4 is 28.9 Å². The van der Waals surface area contributed by atoms with Crippen LogP contribution < -0.4 is 4.90 Å².